The van der Waals surface area contributed by atoms with Gasteiger partial charge < -0.3 is 4.90 Å². The van der Waals surface area contributed by atoms with Crippen LogP contribution in [-0.4, -0.2) is 31.6 Å². The van der Waals surface area contributed by atoms with Crippen LogP contribution in [0, 0.1) is 11.8 Å². The molecule has 4 aliphatic rings. The van der Waals surface area contributed by atoms with E-state index in [-0.39, 0.29) is 0 Å². The number of benzene rings is 4. The largest absolute Gasteiger partial charge is 0.365 e. The van der Waals surface area contributed by atoms with Crippen molar-refractivity contribution in [3.05, 3.63) is 103 Å². The lowest BCUT2D eigenvalue weighted by Crippen LogP contribution is -2.58. The van der Waals surface area contributed by atoms with Gasteiger partial charge in [0.05, 0.1) is 11.0 Å². The topological polar surface area (TPSA) is 46.8 Å². The van der Waals surface area contributed by atoms with E-state index in [2.05, 4.69) is 76.2 Å². The highest BCUT2D eigenvalue weighted by molar-refractivity contribution is 6.09. The third kappa shape index (κ3) is 3.72. The van der Waals surface area contributed by atoms with E-state index in [0.717, 1.165) is 34.0 Å². The highest BCUT2D eigenvalue weighted by Crippen LogP contribution is 2.51. The molecular formula is C36H31N5. The molecule has 0 atom stereocenters. The Morgan fingerprint density at radius 2 is 1.07 bits per heavy atom. The molecule has 10 rings (SSSR count). The zero-order valence-electron chi connectivity index (χ0n) is 22.9. The summed E-state index contributed by atoms with van der Waals surface area (Å²) in [5.41, 5.74) is 5.57. The molecule has 0 unspecified atom stereocenters. The number of fused-ring (bicyclic) bond motifs is 3. The minimum absolute atomic E-state index is 0.654. The zero-order chi connectivity index (χ0) is 26.9. The Labute approximate surface area is 239 Å². The number of hydrogen-bond donors (Lipinski definition) is 0. The van der Waals surface area contributed by atoms with Crippen molar-refractivity contribution >= 4 is 27.5 Å². The number of rotatable bonds is 4. The summed E-state index contributed by atoms with van der Waals surface area (Å²) in [6.45, 7) is 0. The van der Waals surface area contributed by atoms with Gasteiger partial charge in [0.2, 0.25) is 5.95 Å². The van der Waals surface area contributed by atoms with Gasteiger partial charge in [0.1, 0.15) is 0 Å². The van der Waals surface area contributed by atoms with Crippen molar-refractivity contribution in [1.82, 2.24) is 19.5 Å². The van der Waals surface area contributed by atoms with Crippen molar-refractivity contribution in [2.75, 3.05) is 4.90 Å². The molecule has 4 bridgehead atoms. The summed E-state index contributed by atoms with van der Waals surface area (Å²) in [5, 5.41) is 2.45. The van der Waals surface area contributed by atoms with Crippen LogP contribution in [-0.2, 0) is 0 Å². The minimum atomic E-state index is 0.654. The van der Waals surface area contributed by atoms with E-state index in [1.165, 1.54) is 48.6 Å². The second-order valence-electron chi connectivity index (χ2n) is 12.2. The third-order valence-corrected chi connectivity index (χ3v) is 9.72. The van der Waals surface area contributed by atoms with Crippen LogP contribution in [0.2, 0.25) is 0 Å². The van der Waals surface area contributed by atoms with E-state index >= 15 is 0 Å². The first kappa shape index (κ1) is 23.2. The first-order chi connectivity index (χ1) is 20.3. The smallest absolute Gasteiger partial charge is 0.238 e. The molecule has 4 heterocycles. The Morgan fingerprint density at radius 1 is 0.512 bits per heavy atom. The third-order valence-electron chi connectivity index (χ3n) is 9.72. The average molecular weight is 534 g/mol. The number of piperidine rings is 2. The number of nitrogens with zero attached hydrogens (tertiary/aromatic N) is 5. The number of hydrogen-bond acceptors (Lipinski definition) is 4. The standard InChI is InChI=1S/C36H31N5/c1-3-9-25(10-4-1)34-37-35(26-11-5-2-6-12-26)39-36(38-34)41-32-14-8-7-13-30(32)31-16-15-27(22-33(31)41)40-28-18-23-17-24(20-28)21-29(40)19-23/h1-16,22-24,28-29H,17-21H2. The van der Waals surface area contributed by atoms with Gasteiger partial charge in [-0.25, -0.2) is 4.98 Å². The summed E-state index contributed by atoms with van der Waals surface area (Å²) >= 11 is 0. The fourth-order valence-electron chi connectivity index (χ4n) is 8.19. The summed E-state index contributed by atoms with van der Waals surface area (Å²) < 4.78 is 2.26. The summed E-state index contributed by atoms with van der Waals surface area (Å²) in [6.07, 6.45) is 6.86. The monoisotopic (exact) mass is 533 g/mol. The predicted octanol–water partition coefficient (Wildman–Crippen LogP) is 8.07. The van der Waals surface area contributed by atoms with Crippen LogP contribution in [0.1, 0.15) is 32.1 Å². The first-order valence-corrected chi connectivity index (χ1v) is 15.0. The van der Waals surface area contributed by atoms with Gasteiger partial charge in [0, 0.05) is 39.7 Å². The van der Waals surface area contributed by atoms with Gasteiger partial charge in [-0.15, -0.1) is 0 Å². The van der Waals surface area contributed by atoms with Crippen molar-refractivity contribution in [3.63, 3.8) is 0 Å². The highest BCUT2D eigenvalue weighted by atomic mass is 15.2. The Bertz CT molecular complexity index is 1820. The zero-order valence-corrected chi connectivity index (χ0v) is 22.9. The van der Waals surface area contributed by atoms with Crippen LogP contribution in [0.3, 0.4) is 0 Å². The van der Waals surface area contributed by atoms with Gasteiger partial charge in [-0.3, -0.25) is 4.57 Å². The first-order valence-electron chi connectivity index (χ1n) is 15.0. The molecule has 2 saturated heterocycles. The predicted molar refractivity (Wildman–Crippen MR) is 165 cm³/mol. The van der Waals surface area contributed by atoms with Crippen LogP contribution in [0.25, 0.3) is 50.5 Å². The summed E-state index contributed by atoms with van der Waals surface area (Å²) in [6, 6.07) is 37.5. The maximum atomic E-state index is 5.11. The van der Waals surface area contributed by atoms with Crippen molar-refractivity contribution in [3.8, 4) is 28.7 Å². The Kier molecular flexibility index (Phi) is 5.10. The van der Waals surface area contributed by atoms with Crippen LogP contribution in [0.5, 0.6) is 0 Å². The average Bonchev–Trinajstić information content (AvgIpc) is 3.35. The molecule has 2 aliphatic carbocycles. The molecule has 200 valence electrons. The molecule has 6 aromatic rings. The molecule has 41 heavy (non-hydrogen) atoms. The molecule has 2 saturated carbocycles. The van der Waals surface area contributed by atoms with Crippen LogP contribution >= 0.6 is 0 Å². The fraction of sp³-hybridized carbons (Fsp3) is 0.250. The van der Waals surface area contributed by atoms with Crippen LogP contribution < -0.4 is 4.90 Å². The lowest BCUT2D eigenvalue weighted by Gasteiger charge is -2.57. The fourth-order valence-corrected chi connectivity index (χ4v) is 8.19. The summed E-state index contributed by atoms with van der Waals surface area (Å²) in [4.78, 5) is 17.9. The molecule has 4 aromatic carbocycles. The van der Waals surface area contributed by atoms with Gasteiger partial charge >= 0.3 is 0 Å². The van der Waals surface area contributed by atoms with Gasteiger partial charge in [-0.1, -0.05) is 84.9 Å². The normalized spacial score (nSPS) is 23.1. The van der Waals surface area contributed by atoms with Crippen molar-refractivity contribution in [1.29, 1.82) is 0 Å². The quantitative estimate of drug-likeness (QED) is 0.230. The van der Waals surface area contributed by atoms with E-state index in [4.69, 9.17) is 15.0 Å². The van der Waals surface area contributed by atoms with Gasteiger partial charge in [-0.05, 0) is 62.1 Å². The van der Waals surface area contributed by atoms with E-state index in [1.807, 2.05) is 36.4 Å². The van der Waals surface area contributed by atoms with E-state index in [9.17, 15) is 0 Å². The maximum absolute atomic E-state index is 5.11. The molecular weight excluding hydrogens is 502 g/mol. The number of para-hydroxylation sites is 1. The molecule has 0 amide bonds. The molecule has 2 aliphatic heterocycles. The lowest BCUT2D eigenvalue weighted by molar-refractivity contribution is 0.0900. The molecule has 5 heteroatoms. The number of aromatic nitrogens is 4. The van der Waals surface area contributed by atoms with Gasteiger partial charge in [-0.2, -0.15) is 9.97 Å². The second kappa shape index (κ2) is 9.00. The molecule has 0 N–H and O–H groups in total. The molecule has 5 nitrogen and oxygen atoms in total. The lowest BCUT2D eigenvalue weighted by atomic mass is 9.63. The summed E-state index contributed by atoms with van der Waals surface area (Å²) in [7, 11) is 0. The minimum Gasteiger partial charge on any atom is -0.365 e. The maximum Gasteiger partial charge on any atom is 0.238 e. The van der Waals surface area contributed by atoms with Gasteiger partial charge in [0.15, 0.2) is 11.6 Å². The SMILES string of the molecule is c1ccc(-c2nc(-c3ccccc3)nc(-n3c4ccccc4c4ccc(N5C6CC7CC(C6)CC5C7)cc43)n2)cc1. The molecule has 4 fully saturated rings. The van der Waals surface area contributed by atoms with Crippen molar-refractivity contribution in [2.45, 2.75) is 44.2 Å². The van der Waals surface area contributed by atoms with E-state index < -0.39 is 0 Å². The Morgan fingerprint density at radius 3 is 1.71 bits per heavy atom. The van der Waals surface area contributed by atoms with Crippen LogP contribution in [0.4, 0.5) is 5.69 Å². The highest BCUT2D eigenvalue weighted by Gasteiger charge is 2.46. The van der Waals surface area contributed by atoms with Crippen molar-refractivity contribution < 1.29 is 0 Å². The van der Waals surface area contributed by atoms with Crippen LogP contribution in [0.15, 0.2) is 103 Å². The Hall–Kier alpha value is -4.51. The van der Waals surface area contributed by atoms with E-state index in [1.54, 1.807) is 0 Å². The Balaban J connectivity index is 1.27. The summed E-state index contributed by atoms with van der Waals surface area (Å²) in [5.74, 6) is 3.88. The van der Waals surface area contributed by atoms with Gasteiger partial charge in [0.25, 0.3) is 0 Å². The molecule has 2 aromatic heterocycles. The number of anilines is 1. The molecule has 0 spiro atoms. The molecule has 0 radical (unpaired) electrons. The van der Waals surface area contributed by atoms with Crippen molar-refractivity contribution in [2.24, 2.45) is 11.8 Å². The van der Waals surface area contributed by atoms with E-state index in [0.29, 0.717) is 29.7 Å². The second-order valence-corrected chi connectivity index (χ2v) is 12.2.